The van der Waals surface area contributed by atoms with Crippen molar-refractivity contribution >= 4 is 17.7 Å². The summed E-state index contributed by atoms with van der Waals surface area (Å²) in [6.07, 6.45) is 5.10. The molecule has 0 saturated carbocycles. The Hall–Kier alpha value is -3.23. The number of carbonyl (C=O) groups excluding carboxylic acids is 1. The smallest absolute Gasteiger partial charge is 0.461 e. The molecule has 2 rings (SSSR count). The number of esters is 1. The Labute approximate surface area is 143 Å². The molecule has 2 aromatic rings. The lowest BCUT2D eigenvalue weighted by molar-refractivity contribution is -0.696. The van der Waals surface area contributed by atoms with Crippen molar-refractivity contribution in [2.75, 3.05) is 0 Å². The van der Waals surface area contributed by atoms with Gasteiger partial charge in [-0.05, 0) is 30.5 Å². The molecular weight excluding hydrogens is 330 g/mol. The molecule has 0 fully saturated rings. The monoisotopic (exact) mass is 348 g/mol. The molecule has 0 aliphatic heterocycles. The van der Waals surface area contributed by atoms with Crippen molar-refractivity contribution in [2.24, 2.45) is 0 Å². The number of hydrogen-bond donors (Lipinski definition) is 1. The largest absolute Gasteiger partial charge is 0.509 e. The fraction of sp³-hybridized carbons (Fsp3) is 0.312. The molecule has 1 aromatic heterocycles. The maximum Gasteiger partial charge on any atom is 0.509 e. The summed E-state index contributed by atoms with van der Waals surface area (Å²) in [5.74, 6) is -0.341. The fourth-order valence-electron chi connectivity index (χ4n) is 2.15. The number of ether oxygens (including phenoxy) is 1. The Morgan fingerprint density at radius 2 is 1.96 bits per heavy atom. The van der Waals surface area contributed by atoms with Gasteiger partial charge in [0.15, 0.2) is 0 Å². The van der Waals surface area contributed by atoms with Crippen LogP contribution < -0.4 is 4.57 Å². The van der Waals surface area contributed by atoms with E-state index in [4.69, 9.17) is 9.84 Å². The van der Waals surface area contributed by atoms with Gasteiger partial charge in [0.1, 0.15) is 19.0 Å². The standard InChI is InChI=1S/C16H17N3O6/c20-15(25-11-13-4-6-14(7-5-13)19(23)24)3-1-2-8-17-9-10-18(12-17)16(21)22/h4-7,9-10,12H,1-3,8,11H2/p+1. The normalized spacial score (nSPS) is 10.4. The minimum atomic E-state index is -1.05. The number of hydrogen-bond acceptors (Lipinski definition) is 5. The molecule has 0 spiro atoms. The fourth-order valence-corrected chi connectivity index (χ4v) is 2.15. The average Bonchev–Trinajstić information content (AvgIpc) is 3.06. The lowest BCUT2D eigenvalue weighted by Crippen LogP contribution is -2.31. The summed E-state index contributed by atoms with van der Waals surface area (Å²) < 4.78 is 7.91. The first-order valence-corrected chi connectivity index (χ1v) is 7.65. The van der Waals surface area contributed by atoms with Crippen LogP contribution in [0.25, 0.3) is 0 Å². The van der Waals surface area contributed by atoms with Gasteiger partial charge in [0, 0.05) is 18.6 Å². The Balaban J connectivity index is 1.65. The van der Waals surface area contributed by atoms with Gasteiger partial charge in [0.2, 0.25) is 0 Å². The van der Waals surface area contributed by atoms with Gasteiger partial charge < -0.3 is 9.84 Å². The Bertz CT molecular complexity index is 753. The van der Waals surface area contributed by atoms with Gasteiger partial charge in [-0.15, -0.1) is 4.57 Å². The van der Waals surface area contributed by atoms with Crippen LogP contribution in [0.5, 0.6) is 0 Å². The molecule has 0 radical (unpaired) electrons. The number of nitrogens with zero attached hydrogens (tertiary/aromatic N) is 3. The van der Waals surface area contributed by atoms with Crippen molar-refractivity contribution in [3.63, 3.8) is 0 Å². The summed E-state index contributed by atoms with van der Waals surface area (Å²) in [4.78, 5) is 32.5. The molecule has 9 heteroatoms. The molecule has 0 atom stereocenters. The van der Waals surface area contributed by atoms with Crippen molar-refractivity contribution in [2.45, 2.75) is 32.4 Å². The summed E-state index contributed by atoms with van der Waals surface area (Å²) >= 11 is 0. The van der Waals surface area contributed by atoms with Gasteiger partial charge in [-0.1, -0.05) is 0 Å². The van der Waals surface area contributed by atoms with E-state index in [1.807, 2.05) is 0 Å². The third-order valence-electron chi connectivity index (χ3n) is 3.51. The van der Waals surface area contributed by atoms with Crippen LogP contribution in [0.2, 0.25) is 0 Å². The molecule has 0 aliphatic rings. The first-order chi connectivity index (χ1) is 12.0. The molecule has 1 heterocycles. The van der Waals surface area contributed by atoms with E-state index in [0.717, 1.165) is 4.57 Å². The number of non-ortho nitro benzene ring substituents is 1. The summed E-state index contributed by atoms with van der Waals surface area (Å²) in [6, 6.07) is 5.83. The number of aromatic nitrogens is 2. The van der Waals surface area contributed by atoms with Gasteiger partial charge in [-0.2, -0.15) is 4.79 Å². The van der Waals surface area contributed by atoms with Crippen LogP contribution in [0.3, 0.4) is 0 Å². The lowest BCUT2D eigenvalue weighted by Gasteiger charge is -2.04. The summed E-state index contributed by atoms with van der Waals surface area (Å²) in [6.45, 7) is 0.683. The summed E-state index contributed by atoms with van der Waals surface area (Å²) in [5.41, 5.74) is 0.675. The number of imidazole rings is 1. The maximum absolute atomic E-state index is 11.7. The lowest BCUT2D eigenvalue weighted by atomic mass is 10.2. The number of benzene rings is 1. The molecule has 9 nitrogen and oxygen atoms in total. The number of nitro groups is 1. The third-order valence-corrected chi connectivity index (χ3v) is 3.51. The molecule has 132 valence electrons. The van der Waals surface area contributed by atoms with Crippen LogP contribution in [-0.4, -0.2) is 26.7 Å². The van der Waals surface area contributed by atoms with Gasteiger partial charge >= 0.3 is 12.1 Å². The van der Waals surface area contributed by atoms with E-state index in [1.54, 1.807) is 22.9 Å². The van der Waals surface area contributed by atoms with E-state index >= 15 is 0 Å². The molecule has 1 aromatic carbocycles. The van der Waals surface area contributed by atoms with Crippen LogP contribution in [0, 0.1) is 10.1 Å². The van der Waals surface area contributed by atoms with Crippen molar-refractivity contribution in [1.29, 1.82) is 0 Å². The zero-order valence-corrected chi connectivity index (χ0v) is 13.4. The second-order valence-electron chi connectivity index (χ2n) is 5.38. The highest BCUT2D eigenvalue weighted by Crippen LogP contribution is 2.13. The molecule has 0 amide bonds. The molecule has 25 heavy (non-hydrogen) atoms. The van der Waals surface area contributed by atoms with E-state index in [2.05, 4.69) is 0 Å². The van der Waals surface area contributed by atoms with Crippen LogP contribution in [0.1, 0.15) is 24.8 Å². The zero-order chi connectivity index (χ0) is 18.2. The number of unbranched alkanes of at least 4 members (excludes halogenated alkanes) is 1. The second kappa shape index (κ2) is 8.57. The van der Waals surface area contributed by atoms with Crippen LogP contribution in [0.15, 0.2) is 43.0 Å². The van der Waals surface area contributed by atoms with Gasteiger partial charge in [0.25, 0.3) is 12.0 Å². The first-order valence-electron chi connectivity index (χ1n) is 7.65. The number of nitro benzene ring substituents is 1. The van der Waals surface area contributed by atoms with Crippen molar-refractivity contribution < 1.29 is 28.9 Å². The van der Waals surface area contributed by atoms with E-state index < -0.39 is 11.0 Å². The number of carboxylic acid groups (broad SMARTS) is 1. The second-order valence-corrected chi connectivity index (χ2v) is 5.38. The number of aryl methyl sites for hydroxylation is 1. The predicted octanol–water partition coefficient (Wildman–Crippen LogP) is 2.12. The third kappa shape index (κ3) is 5.72. The first kappa shape index (κ1) is 18.1. The minimum Gasteiger partial charge on any atom is -0.461 e. The number of rotatable bonds is 8. The summed E-state index contributed by atoms with van der Waals surface area (Å²) in [7, 11) is 0. The molecule has 0 saturated heterocycles. The Morgan fingerprint density at radius 3 is 2.56 bits per heavy atom. The highest BCUT2D eigenvalue weighted by Gasteiger charge is 2.10. The Morgan fingerprint density at radius 1 is 1.24 bits per heavy atom. The summed E-state index contributed by atoms with van der Waals surface area (Å²) in [5, 5.41) is 19.3. The van der Waals surface area contributed by atoms with Crippen molar-refractivity contribution in [3.8, 4) is 0 Å². The van der Waals surface area contributed by atoms with Crippen molar-refractivity contribution in [1.82, 2.24) is 4.57 Å². The SMILES string of the molecule is O=C(CCCC[n+]1ccn(C(=O)O)c1)OCc1ccc([N+](=O)[O-])cc1. The van der Waals surface area contributed by atoms with Gasteiger partial charge in [0.05, 0.1) is 11.5 Å². The number of carbonyl (C=O) groups is 2. The molecule has 0 unspecified atom stereocenters. The van der Waals surface area contributed by atoms with Crippen LogP contribution in [0.4, 0.5) is 10.5 Å². The van der Waals surface area contributed by atoms with Crippen LogP contribution in [-0.2, 0) is 22.7 Å². The minimum absolute atomic E-state index is 0.00990. The quantitative estimate of drug-likeness (QED) is 0.257. The molecular formula is C16H18N3O6+. The Kier molecular flexibility index (Phi) is 6.21. The predicted molar refractivity (Wildman–Crippen MR) is 84.8 cm³/mol. The molecule has 1 N–H and O–H groups in total. The molecule has 0 bridgehead atoms. The van der Waals surface area contributed by atoms with E-state index in [9.17, 15) is 19.7 Å². The van der Waals surface area contributed by atoms with E-state index in [-0.39, 0.29) is 24.7 Å². The highest BCUT2D eigenvalue weighted by molar-refractivity contribution is 5.69. The maximum atomic E-state index is 11.7. The molecule has 0 aliphatic carbocycles. The van der Waals surface area contributed by atoms with E-state index in [0.29, 0.717) is 24.9 Å². The van der Waals surface area contributed by atoms with Gasteiger partial charge in [-0.3, -0.25) is 14.9 Å². The van der Waals surface area contributed by atoms with Crippen molar-refractivity contribution in [3.05, 3.63) is 58.7 Å². The van der Waals surface area contributed by atoms with Gasteiger partial charge in [-0.25, -0.2) is 4.57 Å². The topological polar surface area (TPSA) is 116 Å². The van der Waals surface area contributed by atoms with E-state index in [1.165, 1.54) is 24.7 Å². The van der Waals surface area contributed by atoms with Crippen LogP contribution >= 0.6 is 0 Å². The zero-order valence-electron chi connectivity index (χ0n) is 13.4. The highest BCUT2D eigenvalue weighted by atomic mass is 16.6. The average molecular weight is 348 g/mol.